The normalized spacial score (nSPS) is 19.7. The van der Waals surface area contributed by atoms with Gasteiger partial charge in [0, 0.05) is 19.1 Å². The van der Waals surface area contributed by atoms with Crippen LogP contribution in [0.5, 0.6) is 0 Å². The zero-order valence-corrected chi connectivity index (χ0v) is 11.1. The smallest absolute Gasteiger partial charge is 0.311 e. The lowest BCUT2D eigenvalue weighted by Gasteiger charge is -2.19. The first kappa shape index (κ1) is 14.5. The van der Waals surface area contributed by atoms with E-state index in [9.17, 15) is 14.0 Å². The van der Waals surface area contributed by atoms with E-state index in [0.29, 0.717) is 25.1 Å². The van der Waals surface area contributed by atoms with Crippen LogP contribution in [-0.2, 0) is 9.59 Å². The van der Waals surface area contributed by atoms with Crippen molar-refractivity contribution in [2.75, 3.05) is 19.8 Å². The number of rotatable bonds is 3. The lowest BCUT2D eigenvalue weighted by molar-refractivity contribution is -0.145. The van der Waals surface area contributed by atoms with Crippen molar-refractivity contribution in [3.8, 4) is 0 Å². The highest BCUT2D eigenvalue weighted by atomic mass is 19.1. The van der Waals surface area contributed by atoms with Gasteiger partial charge in [-0.15, -0.1) is 0 Å². The Balaban J connectivity index is 1.97. The second-order valence-corrected chi connectivity index (χ2v) is 4.89. The van der Waals surface area contributed by atoms with E-state index in [4.69, 9.17) is 5.73 Å². The fourth-order valence-corrected chi connectivity index (χ4v) is 2.23. The van der Waals surface area contributed by atoms with Gasteiger partial charge in [0.2, 0.25) is 0 Å². The maximum absolute atomic E-state index is 13.0. The number of hydrogen-bond donors (Lipinski definition) is 2. The van der Waals surface area contributed by atoms with Crippen LogP contribution in [0.3, 0.4) is 0 Å². The number of carbonyl (C=O) groups excluding carboxylic acids is 2. The van der Waals surface area contributed by atoms with Crippen molar-refractivity contribution in [1.82, 2.24) is 10.2 Å². The van der Waals surface area contributed by atoms with Crippen LogP contribution in [-0.4, -0.2) is 42.5 Å². The Morgan fingerprint density at radius 2 is 2.10 bits per heavy atom. The SMILES string of the molecule is NC1CCN(C(=O)C(=O)N[C@H](CF)c2ccccc2)C1. The van der Waals surface area contributed by atoms with Gasteiger partial charge >= 0.3 is 11.8 Å². The Morgan fingerprint density at radius 3 is 2.65 bits per heavy atom. The first-order chi connectivity index (χ1) is 9.61. The van der Waals surface area contributed by atoms with Crippen molar-refractivity contribution in [1.29, 1.82) is 0 Å². The number of amides is 2. The Labute approximate surface area is 116 Å². The third-order valence-corrected chi connectivity index (χ3v) is 3.37. The number of alkyl halides is 1. The van der Waals surface area contributed by atoms with Crippen molar-refractivity contribution in [2.45, 2.75) is 18.5 Å². The molecular weight excluding hydrogens is 261 g/mol. The zero-order chi connectivity index (χ0) is 14.5. The quantitative estimate of drug-likeness (QED) is 0.785. The van der Waals surface area contributed by atoms with Gasteiger partial charge in [0.15, 0.2) is 0 Å². The van der Waals surface area contributed by atoms with Crippen LogP contribution in [0.15, 0.2) is 30.3 Å². The molecule has 1 unspecified atom stereocenters. The minimum atomic E-state index is -0.802. The number of halogens is 1. The van der Waals surface area contributed by atoms with Crippen molar-refractivity contribution in [3.63, 3.8) is 0 Å². The summed E-state index contributed by atoms with van der Waals surface area (Å²) < 4.78 is 13.0. The lowest BCUT2D eigenvalue weighted by Crippen LogP contribution is -2.44. The average Bonchev–Trinajstić information content (AvgIpc) is 2.91. The second kappa shape index (κ2) is 6.47. The summed E-state index contributed by atoms with van der Waals surface area (Å²) in [6.07, 6.45) is 0.685. The van der Waals surface area contributed by atoms with E-state index >= 15 is 0 Å². The highest BCUT2D eigenvalue weighted by Gasteiger charge is 2.29. The van der Waals surface area contributed by atoms with Gasteiger partial charge in [0.05, 0.1) is 6.04 Å². The first-order valence-electron chi connectivity index (χ1n) is 6.58. The second-order valence-electron chi connectivity index (χ2n) is 4.89. The molecule has 0 saturated carbocycles. The molecule has 1 saturated heterocycles. The maximum Gasteiger partial charge on any atom is 0.311 e. The Bertz CT molecular complexity index is 481. The summed E-state index contributed by atoms with van der Waals surface area (Å²) in [7, 11) is 0. The monoisotopic (exact) mass is 279 g/mol. The van der Waals surface area contributed by atoms with Crippen LogP contribution < -0.4 is 11.1 Å². The molecule has 108 valence electrons. The standard InChI is InChI=1S/C14H18FN3O2/c15-8-12(10-4-2-1-3-5-10)17-13(19)14(20)18-7-6-11(16)9-18/h1-5,11-12H,6-9,16H2,(H,17,19)/t11?,12-/m1/s1. The molecule has 0 radical (unpaired) electrons. The maximum atomic E-state index is 13.0. The van der Waals surface area contributed by atoms with Gasteiger partial charge in [-0.05, 0) is 12.0 Å². The first-order valence-corrected chi connectivity index (χ1v) is 6.58. The number of hydrogen-bond acceptors (Lipinski definition) is 3. The van der Waals surface area contributed by atoms with Crippen molar-refractivity contribution >= 4 is 11.8 Å². The van der Waals surface area contributed by atoms with Crippen LogP contribution in [0.2, 0.25) is 0 Å². The van der Waals surface area contributed by atoms with Crippen LogP contribution in [0.4, 0.5) is 4.39 Å². The van der Waals surface area contributed by atoms with E-state index in [1.165, 1.54) is 4.90 Å². The molecule has 2 rings (SSSR count). The highest BCUT2D eigenvalue weighted by Crippen LogP contribution is 2.13. The molecule has 1 aromatic rings. The number of nitrogens with one attached hydrogen (secondary N) is 1. The minimum absolute atomic E-state index is 0.0853. The molecule has 1 aromatic carbocycles. The van der Waals surface area contributed by atoms with Crippen molar-refractivity contribution in [3.05, 3.63) is 35.9 Å². The third-order valence-electron chi connectivity index (χ3n) is 3.37. The van der Waals surface area contributed by atoms with E-state index in [1.807, 2.05) is 0 Å². The summed E-state index contributed by atoms with van der Waals surface area (Å²) >= 11 is 0. The van der Waals surface area contributed by atoms with Gasteiger partial charge in [-0.1, -0.05) is 30.3 Å². The highest BCUT2D eigenvalue weighted by molar-refractivity contribution is 6.35. The molecular formula is C14H18FN3O2. The summed E-state index contributed by atoms with van der Waals surface area (Å²) in [6, 6.07) is 7.84. The van der Waals surface area contributed by atoms with Gasteiger partial charge in [0.1, 0.15) is 6.67 Å². The zero-order valence-electron chi connectivity index (χ0n) is 11.1. The topological polar surface area (TPSA) is 75.4 Å². The van der Waals surface area contributed by atoms with Gasteiger partial charge in [0.25, 0.3) is 0 Å². The van der Waals surface area contributed by atoms with Crippen LogP contribution >= 0.6 is 0 Å². The van der Waals surface area contributed by atoms with Crippen LogP contribution in [0.1, 0.15) is 18.0 Å². The molecule has 2 atom stereocenters. The molecule has 0 aromatic heterocycles. The van der Waals surface area contributed by atoms with Gasteiger partial charge < -0.3 is 16.0 Å². The van der Waals surface area contributed by atoms with Gasteiger partial charge in [-0.25, -0.2) is 4.39 Å². The summed E-state index contributed by atoms with van der Waals surface area (Å²) in [6.45, 7) is 0.0828. The van der Waals surface area contributed by atoms with Gasteiger partial charge in [-0.2, -0.15) is 0 Å². The van der Waals surface area contributed by atoms with E-state index in [1.54, 1.807) is 30.3 Å². The molecule has 1 aliphatic heterocycles. The molecule has 0 aliphatic carbocycles. The molecule has 6 heteroatoms. The number of nitrogens with two attached hydrogens (primary N) is 1. The van der Waals surface area contributed by atoms with Gasteiger partial charge in [-0.3, -0.25) is 9.59 Å². The fourth-order valence-electron chi connectivity index (χ4n) is 2.23. The molecule has 1 heterocycles. The van der Waals surface area contributed by atoms with Crippen molar-refractivity contribution in [2.24, 2.45) is 5.73 Å². The average molecular weight is 279 g/mol. The Kier molecular flexibility index (Phi) is 4.68. The third kappa shape index (κ3) is 3.33. The molecule has 1 fully saturated rings. The lowest BCUT2D eigenvalue weighted by atomic mass is 10.1. The van der Waals surface area contributed by atoms with E-state index in [0.717, 1.165) is 0 Å². The fraction of sp³-hybridized carbons (Fsp3) is 0.429. The molecule has 2 amide bonds. The summed E-state index contributed by atoms with van der Waals surface area (Å²) in [5.74, 6) is -1.43. The van der Waals surface area contributed by atoms with Crippen LogP contribution in [0.25, 0.3) is 0 Å². The number of likely N-dealkylation sites (tertiary alicyclic amines) is 1. The molecule has 20 heavy (non-hydrogen) atoms. The molecule has 0 spiro atoms. The van der Waals surface area contributed by atoms with E-state index in [2.05, 4.69) is 5.32 Å². The number of nitrogens with zero attached hydrogens (tertiary/aromatic N) is 1. The van der Waals surface area contributed by atoms with Crippen LogP contribution in [0, 0.1) is 0 Å². The molecule has 3 N–H and O–H groups in total. The Morgan fingerprint density at radius 1 is 1.40 bits per heavy atom. The molecule has 5 nitrogen and oxygen atoms in total. The summed E-state index contributed by atoms with van der Waals surface area (Å²) in [5.41, 5.74) is 6.33. The largest absolute Gasteiger partial charge is 0.338 e. The predicted molar refractivity (Wildman–Crippen MR) is 72.5 cm³/mol. The number of benzene rings is 1. The number of carbonyl (C=O) groups is 2. The van der Waals surface area contributed by atoms with Crippen molar-refractivity contribution < 1.29 is 14.0 Å². The molecule has 0 bridgehead atoms. The molecule has 1 aliphatic rings. The minimum Gasteiger partial charge on any atom is -0.338 e. The summed E-state index contributed by atoms with van der Waals surface area (Å²) in [5, 5.41) is 2.43. The predicted octanol–water partition coefficient (Wildman–Crippen LogP) is 0.373. The van der Waals surface area contributed by atoms with E-state index in [-0.39, 0.29) is 6.04 Å². The van der Waals surface area contributed by atoms with E-state index < -0.39 is 24.5 Å². The summed E-state index contributed by atoms with van der Waals surface area (Å²) in [4.78, 5) is 25.2. The Hall–Kier alpha value is -1.95.